The Bertz CT molecular complexity index is 483. The molecule has 5 nitrogen and oxygen atoms in total. The average Bonchev–Trinajstić information content (AvgIpc) is 2.27. The van der Waals surface area contributed by atoms with Gasteiger partial charge in [0.15, 0.2) is 0 Å². The Morgan fingerprint density at radius 1 is 0.818 bits per heavy atom. The molecule has 0 spiro atoms. The van der Waals surface area contributed by atoms with Gasteiger partial charge in [0.25, 0.3) is 10.1 Å². The summed E-state index contributed by atoms with van der Waals surface area (Å²) >= 11 is 0. The minimum absolute atomic E-state index is 0.0347. The van der Waals surface area contributed by atoms with Crippen molar-refractivity contribution in [2.75, 3.05) is 5.75 Å². The highest BCUT2D eigenvalue weighted by Crippen LogP contribution is 2.25. The first-order valence-electron chi connectivity index (χ1n) is 7.69. The molecule has 0 unspecified atom stereocenters. The molecule has 0 aliphatic heterocycles. The van der Waals surface area contributed by atoms with Gasteiger partial charge in [-0.1, -0.05) is 34.6 Å². The topological polar surface area (TPSA) is 88.5 Å². The fraction of sp³-hybridized carbons (Fsp3) is 0.875. The van der Waals surface area contributed by atoms with E-state index >= 15 is 0 Å². The van der Waals surface area contributed by atoms with Crippen LogP contribution in [0.5, 0.6) is 0 Å². The molecular weight excluding hydrogens is 304 g/mol. The van der Waals surface area contributed by atoms with E-state index in [1.165, 1.54) is 0 Å². The summed E-state index contributed by atoms with van der Waals surface area (Å²) in [5.41, 5.74) is -0.543. The van der Waals surface area contributed by atoms with Crippen LogP contribution in [0.25, 0.3) is 0 Å². The van der Waals surface area contributed by atoms with Crippen molar-refractivity contribution >= 4 is 21.7 Å². The SMILES string of the molecule is CC(C)(C)CCC(=O)CCC(=O)CCC(C)(C)CS(=O)(=O)O. The van der Waals surface area contributed by atoms with E-state index < -0.39 is 15.5 Å². The lowest BCUT2D eigenvalue weighted by atomic mass is 9.87. The molecule has 0 saturated carbocycles. The molecule has 0 atom stereocenters. The minimum atomic E-state index is -4.04. The van der Waals surface area contributed by atoms with E-state index in [1.807, 2.05) is 0 Å². The van der Waals surface area contributed by atoms with Gasteiger partial charge in [0.2, 0.25) is 0 Å². The number of Topliss-reactive ketones (excluding diaryl/α,β-unsaturated/α-hetero) is 2. The van der Waals surface area contributed by atoms with Gasteiger partial charge in [-0.05, 0) is 23.7 Å². The number of ketones is 2. The second-order valence-corrected chi connectivity index (χ2v) is 9.48. The summed E-state index contributed by atoms with van der Waals surface area (Å²) in [4.78, 5) is 23.5. The third-order valence-corrected chi connectivity index (χ3v) is 4.64. The van der Waals surface area contributed by atoms with Crippen molar-refractivity contribution in [3.63, 3.8) is 0 Å². The predicted molar refractivity (Wildman–Crippen MR) is 87.4 cm³/mol. The fourth-order valence-electron chi connectivity index (χ4n) is 2.09. The summed E-state index contributed by atoms with van der Waals surface area (Å²) in [6.45, 7) is 9.61. The molecule has 130 valence electrons. The van der Waals surface area contributed by atoms with E-state index in [-0.39, 0.29) is 42.0 Å². The smallest absolute Gasteiger partial charge is 0.265 e. The molecule has 0 fully saturated rings. The van der Waals surface area contributed by atoms with E-state index in [2.05, 4.69) is 20.8 Å². The molecule has 0 heterocycles. The Hall–Kier alpha value is -0.750. The van der Waals surface area contributed by atoms with Crippen LogP contribution in [0.15, 0.2) is 0 Å². The number of hydrogen-bond acceptors (Lipinski definition) is 4. The number of rotatable bonds is 10. The molecule has 0 bridgehead atoms. The fourth-order valence-corrected chi connectivity index (χ4v) is 3.22. The van der Waals surface area contributed by atoms with E-state index in [1.54, 1.807) is 13.8 Å². The van der Waals surface area contributed by atoms with Crippen LogP contribution in [-0.4, -0.2) is 30.3 Å². The van der Waals surface area contributed by atoms with Gasteiger partial charge < -0.3 is 0 Å². The summed E-state index contributed by atoms with van der Waals surface area (Å²) in [7, 11) is -4.04. The normalized spacial score (nSPS) is 13.2. The zero-order valence-electron chi connectivity index (χ0n) is 14.4. The average molecular weight is 334 g/mol. The van der Waals surface area contributed by atoms with Crippen molar-refractivity contribution in [3.8, 4) is 0 Å². The predicted octanol–water partition coefficient (Wildman–Crippen LogP) is 3.43. The Morgan fingerprint density at radius 2 is 1.23 bits per heavy atom. The summed E-state index contributed by atoms with van der Waals surface area (Å²) in [6.07, 6.45) is 2.38. The maximum atomic E-state index is 11.8. The van der Waals surface area contributed by atoms with Crippen LogP contribution in [0.3, 0.4) is 0 Å². The summed E-state index contributed by atoms with van der Waals surface area (Å²) in [6, 6.07) is 0. The van der Waals surface area contributed by atoms with Crippen LogP contribution in [0.4, 0.5) is 0 Å². The van der Waals surface area contributed by atoms with Gasteiger partial charge >= 0.3 is 0 Å². The van der Waals surface area contributed by atoms with Crippen molar-refractivity contribution in [1.82, 2.24) is 0 Å². The summed E-state index contributed by atoms with van der Waals surface area (Å²) < 4.78 is 30.6. The number of carbonyl (C=O) groups excluding carboxylic acids is 2. The summed E-state index contributed by atoms with van der Waals surface area (Å²) in [5.74, 6) is -0.300. The van der Waals surface area contributed by atoms with Gasteiger partial charge in [-0.2, -0.15) is 8.42 Å². The second kappa shape index (κ2) is 8.20. The zero-order valence-corrected chi connectivity index (χ0v) is 15.3. The van der Waals surface area contributed by atoms with Gasteiger partial charge in [0.1, 0.15) is 11.6 Å². The molecule has 0 aromatic heterocycles. The van der Waals surface area contributed by atoms with Gasteiger partial charge in [0, 0.05) is 25.7 Å². The van der Waals surface area contributed by atoms with Gasteiger partial charge in [-0.3, -0.25) is 14.1 Å². The molecule has 0 rings (SSSR count). The molecule has 0 radical (unpaired) electrons. The highest BCUT2D eigenvalue weighted by atomic mass is 32.2. The first-order valence-corrected chi connectivity index (χ1v) is 9.30. The van der Waals surface area contributed by atoms with Crippen LogP contribution in [0.2, 0.25) is 0 Å². The highest BCUT2D eigenvalue weighted by Gasteiger charge is 2.25. The quantitative estimate of drug-likeness (QED) is 0.618. The molecule has 0 aromatic rings. The van der Waals surface area contributed by atoms with Crippen molar-refractivity contribution < 1.29 is 22.6 Å². The Morgan fingerprint density at radius 3 is 1.59 bits per heavy atom. The largest absolute Gasteiger partial charge is 0.300 e. The Kier molecular flexibility index (Phi) is 7.92. The van der Waals surface area contributed by atoms with Gasteiger partial charge in [-0.15, -0.1) is 0 Å². The van der Waals surface area contributed by atoms with E-state index in [9.17, 15) is 18.0 Å². The zero-order chi connectivity index (χ0) is 17.6. The van der Waals surface area contributed by atoms with Crippen molar-refractivity contribution in [1.29, 1.82) is 0 Å². The first kappa shape index (κ1) is 21.2. The summed E-state index contributed by atoms with van der Waals surface area (Å²) in [5, 5.41) is 0. The lowest BCUT2D eigenvalue weighted by molar-refractivity contribution is -0.124. The maximum absolute atomic E-state index is 11.8. The van der Waals surface area contributed by atoms with E-state index in [0.717, 1.165) is 6.42 Å². The van der Waals surface area contributed by atoms with E-state index in [0.29, 0.717) is 12.8 Å². The van der Waals surface area contributed by atoms with Gasteiger partial charge in [0.05, 0.1) is 5.75 Å². The lowest BCUT2D eigenvalue weighted by Crippen LogP contribution is -2.24. The Balaban J connectivity index is 4.08. The van der Waals surface area contributed by atoms with E-state index in [4.69, 9.17) is 4.55 Å². The molecule has 0 saturated heterocycles. The molecule has 0 amide bonds. The molecule has 22 heavy (non-hydrogen) atoms. The molecule has 0 aromatic carbocycles. The highest BCUT2D eigenvalue weighted by molar-refractivity contribution is 7.85. The van der Waals surface area contributed by atoms with Crippen LogP contribution < -0.4 is 0 Å². The molecule has 0 aliphatic carbocycles. The third kappa shape index (κ3) is 13.0. The van der Waals surface area contributed by atoms with Gasteiger partial charge in [-0.25, -0.2) is 0 Å². The van der Waals surface area contributed by atoms with Crippen molar-refractivity contribution in [2.45, 2.75) is 73.1 Å². The minimum Gasteiger partial charge on any atom is -0.300 e. The van der Waals surface area contributed by atoms with Crippen LogP contribution in [0, 0.1) is 10.8 Å². The Labute approximate surface area is 134 Å². The second-order valence-electron chi connectivity index (χ2n) is 8.03. The third-order valence-electron chi connectivity index (χ3n) is 3.49. The standard InChI is InChI=1S/C16H30O5S/c1-15(2,3)10-8-13(17)6-7-14(18)9-11-16(4,5)12-22(19,20)21/h6-12H2,1-5H3,(H,19,20,21). The van der Waals surface area contributed by atoms with Crippen molar-refractivity contribution in [2.24, 2.45) is 10.8 Å². The molecule has 0 aliphatic rings. The van der Waals surface area contributed by atoms with Crippen LogP contribution >= 0.6 is 0 Å². The monoisotopic (exact) mass is 334 g/mol. The van der Waals surface area contributed by atoms with Crippen LogP contribution in [-0.2, 0) is 19.7 Å². The number of hydrogen-bond donors (Lipinski definition) is 1. The molecule has 1 N–H and O–H groups in total. The molecule has 6 heteroatoms. The van der Waals surface area contributed by atoms with Crippen molar-refractivity contribution in [3.05, 3.63) is 0 Å². The maximum Gasteiger partial charge on any atom is 0.265 e. The first-order chi connectivity index (χ1) is 9.70. The lowest BCUT2D eigenvalue weighted by Gasteiger charge is -2.22. The van der Waals surface area contributed by atoms with Crippen LogP contribution in [0.1, 0.15) is 73.1 Å². The number of carbonyl (C=O) groups is 2. The molecular formula is C16H30O5S.